The van der Waals surface area contributed by atoms with Gasteiger partial charge in [-0.2, -0.15) is 0 Å². The van der Waals surface area contributed by atoms with Crippen LogP contribution in [-0.4, -0.2) is 44.4 Å². The third-order valence-electron chi connectivity index (χ3n) is 3.82. The predicted octanol–water partition coefficient (Wildman–Crippen LogP) is 1.06. The zero-order valence-corrected chi connectivity index (χ0v) is 12.4. The molecule has 3 unspecified atom stereocenters. The van der Waals surface area contributed by atoms with Crippen LogP contribution in [-0.2, 0) is 14.3 Å². The summed E-state index contributed by atoms with van der Waals surface area (Å²) in [5, 5.41) is 2.80. The van der Waals surface area contributed by atoms with Crippen LogP contribution in [0.1, 0.15) is 39.5 Å². The van der Waals surface area contributed by atoms with Crippen LogP contribution < -0.4 is 11.1 Å². The van der Waals surface area contributed by atoms with E-state index in [9.17, 15) is 4.79 Å². The van der Waals surface area contributed by atoms with Crippen molar-refractivity contribution < 1.29 is 14.3 Å². The summed E-state index contributed by atoms with van der Waals surface area (Å²) in [6.07, 6.45) is 3.77. The summed E-state index contributed by atoms with van der Waals surface area (Å²) in [5.41, 5.74) is 5.57. The lowest BCUT2D eigenvalue weighted by Crippen LogP contribution is -2.49. The summed E-state index contributed by atoms with van der Waals surface area (Å²) in [7, 11) is 1.61. The highest BCUT2D eigenvalue weighted by atomic mass is 16.5. The van der Waals surface area contributed by atoms with E-state index in [1.54, 1.807) is 14.0 Å². The summed E-state index contributed by atoms with van der Waals surface area (Å²) in [6.45, 7) is 5.51. The first-order valence-corrected chi connectivity index (χ1v) is 7.17. The second-order valence-electron chi connectivity index (χ2n) is 5.63. The Morgan fingerprint density at radius 3 is 2.89 bits per heavy atom. The highest BCUT2D eigenvalue weighted by molar-refractivity contribution is 5.80. The van der Waals surface area contributed by atoms with Gasteiger partial charge in [0.25, 0.3) is 0 Å². The lowest BCUT2D eigenvalue weighted by atomic mass is 9.78. The number of carbonyl (C=O) groups excluding carboxylic acids is 1. The maximum Gasteiger partial charge on any atom is 0.248 e. The Morgan fingerprint density at radius 1 is 1.58 bits per heavy atom. The van der Waals surface area contributed by atoms with Gasteiger partial charge in [0.2, 0.25) is 5.91 Å². The van der Waals surface area contributed by atoms with Gasteiger partial charge < -0.3 is 20.5 Å². The van der Waals surface area contributed by atoms with Gasteiger partial charge in [-0.05, 0) is 25.7 Å². The Labute approximate surface area is 116 Å². The van der Waals surface area contributed by atoms with E-state index in [4.69, 9.17) is 15.2 Å². The van der Waals surface area contributed by atoms with Gasteiger partial charge in [-0.1, -0.05) is 19.8 Å². The van der Waals surface area contributed by atoms with Gasteiger partial charge in [0.15, 0.2) is 0 Å². The molecule has 0 aromatic heterocycles. The number of ether oxygens (including phenoxy) is 2. The fraction of sp³-hybridized carbons (Fsp3) is 0.929. The normalized spacial score (nSPS) is 28.9. The van der Waals surface area contributed by atoms with E-state index in [0.29, 0.717) is 25.6 Å². The van der Waals surface area contributed by atoms with Crippen LogP contribution in [0, 0.1) is 5.92 Å². The van der Waals surface area contributed by atoms with Gasteiger partial charge in [-0.3, -0.25) is 4.79 Å². The number of hydrogen-bond donors (Lipinski definition) is 2. The summed E-state index contributed by atoms with van der Waals surface area (Å²) in [5.74, 6) is 0.518. The van der Waals surface area contributed by atoms with E-state index < -0.39 is 6.10 Å². The smallest absolute Gasteiger partial charge is 0.248 e. The molecule has 1 amide bonds. The van der Waals surface area contributed by atoms with Gasteiger partial charge in [0, 0.05) is 20.2 Å². The summed E-state index contributed by atoms with van der Waals surface area (Å²) < 4.78 is 10.9. The number of rotatable bonds is 7. The van der Waals surface area contributed by atoms with Crippen LogP contribution in [0.5, 0.6) is 0 Å². The number of nitrogens with one attached hydrogen (secondary N) is 1. The molecule has 19 heavy (non-hydrogen) atoms. The number of nitrogens with two attached hydrogens (primary N) is 1. The van der Waals surface area contributed by atoms with Crippen LogP contribution in [0.25, 0.3) is 0 Å². The van der Waals surface area contributed by atoms with Gasteiger partial charge in [-0.15, -0.1) is 0 Å². The molecule has 112 valence electrons. The Kier molecular flexibility index (Phi) is 6.75. The zero-order chi connectivity index (χ0) is 14.3. The fourth-order valence-corrected chi connectivity index (χ4v) is 2.80. The van der Waals surface area contributed by atoms with Gasteiger partial charge >= 0.3 is 0 Å². The van der Waals surface area contributed by atoms with Crippen LogP contribution in [0.3, 0.4) is 0 Å². The molecule has 0 aromatic rings. The second-order valence-corrected chi connectivity index (χ2v) is 5.63. The van der Waals surface area contributed by atoms with E-state index >= 15 is 0 Å². The fourth-order valence-electron chi connectivity index (χ4n) is 2.80. The first-order chi connectivity index (χ1) is 9.03. The van der Waals surface area contributed by atoms with E-state index in [0.717, 1.165) is 19.3 Å². The Morgan fingerprint density at radius 2 is 2.32 bits per heavy atom. The molecule has 3 atom stereocenters. The van der Waals surface area contributed by atoms with Crippen molar-refractivity contribution >= 4 is 5.91 Å². The average Bonchev–Trinajstić information content (AvgIpc) is 2.38. The molecule has 0 radical (unpaired) electrons. The first-order valence-electron chi connectivity index (χ1n) is 7.17. The van der Waals surface area contributed by atoms with Crippen molar-refractivity contribution in [2.75, 3.05) is 26.8 Å². The van der Waals surface area contributed by atoms with Crippen molar-refractivity contribution in [2.45, 2.75) is 51.2 Å². The van der Waals surface area contributed by atoms with Crippen molar-refractivity contribution in [2.24, 2.45) is 11.7 Å². The molecule has 0 aliphatic heterocycles. The van der Waals surface area contributed by atoms with Gasteiger partial charge in [0.1, 0.15) is 6.10 Å². The minimum atomic E-state index is -0.467. The molecule has 0 bridgehead atoms. The van der Waals surface area contributed by atoms with E-state index in [1.807, 2.05) is 0 Å². The monoisotopic (exact) mass is 272 g/mol. The molecular formula is C14H28N2O3. The molecule has 5 heteroatoms. The molecule has 0 saturated heterocycles. The lowest BCUT2D eigenvalue weighted by Gasteiger charge is -2.40. The molecule has 0 heterocycles. The Balaban J connectivity index is 2.47. The summed E-state index contributed by atoms with van der Waals surface area (Å²) in [6, 6.07) is 0. The molecule has 5 nitrogen and oxygen atoms in total. The first kappa shape index (κ1) is 16.4. The quantitative estimate of drug-likeness (QED) is 0.680. The molecule has 0 spiro atoms. The van der Waals surface area contributed by atoms with Crippen molar-refractivity contribution in [3.63, 3.8) is 0 Å². The van der Waals surface area contributed by atoms with E-state index in [2.05, 4.69) is 12.2 Å². The number of hydrogen-bond acceptors (Lipinski definition) is 4. The SMILES string of the molecule is COCCNC(=O)C(C)OC1(CN)CCCC(C)C1. The van der Waals surface area contributed by atoms with Crippen molar-refractivity contribution in [1.29, 1.82) is 0 Å². The average molecular weight is 272 g/mol. The molecule has 1 fully saturated rings. The van der Waals surface area contributed by atoms with Crippen LogP contribution >= 0.6 is 0 Å². The second kappa shape index (κ2) is 7.82. The number of carbonyl (C=O) groups is 1. The van der Waals surface area contributed by atoms with Gasteiger partial charge in [0.05, 0.1) is 12.2 Å². The molecule has 0 aromatic carbocycles. The highest BCUT2D eigenvalue weighted by Crippen LogP contribution is 2.35. The predicted molar refractivity (Wildman–Crippen MR) is 74.9 cm³/mol. The molecule has 1 saturated carbocycles. The number of methoxy groups -OCH3 is 1. The summed E-state index contributed by atoms with van der Waals surface area (Å²) >= 11 is 0. The van der Waals surface area contributed by atoms with Crippen LogP contribution in [0.2, 0.25) is 0 Å². The molecule has 1 aliphatic carbocycles. The topological polar surface area (TPSA) is 73.6 Å². The molecular weight excluding hydrogens is 244 g/mol. The zero-order valence-electron chi connectivity index (χ0n) is 12.4. The van der Waals surface area contributed by atoms with Gasteiger partial charge in [-0.25, -0.2) is 0 Å². The largest absolute Gasteiger partial charge is 0.383 e. The minimum absolute atomic E-state index is 0.0944. The minimum Gasteiger partial charge on any atom is -0.383 e. The third kappa shape index (κ3) is 5.09. The molecule has 1 rings (SSSR count). The lowest BCUT2D eigenvalue weighted by molar-refractivity contribution is -0.151. The van der Waals surface area contributed by atoms with Crippen LogP contribution in [0.15, 0.2) is 0 Å². The maximum atomic E-state index is 11.9. The standard InChI is InChI=1S/C14H28N2O3/c1-11-5-4-6-14(9-11,10-15)19-12(2)13(17)16-7-8-18-3/h11-12H,4-10,15H2,1-3H3,(H,16,17). The van der Waals surface area contributed by atoms with E-state index in [-0.39, 0.29) is 11.5 Å². The summed E-state index contributed by atoms with van der Waals surface area (Å²) in [4.78, 5) is 11.9. The highest BCUT2D eigenvalue weighted by Gasteiger charge is 2.37. The van der Waals surface area contributed by atoms with Crippen LogP contribution in [0.4, 0.5) is 0 Å². The van der Waals surface area contributed by atoms with Crippen molar-refractivity contribution in [1.82, 2.24) is 5.32 Å². The Hall–Kier alpha value is -0.650. The molecule has 1 aliphatic rings. The van der Waals surface area contributed by atoms with E-state index in [1.165, 1.54) is 6.42 Å². The number of amides is 1. The van der Waals surface area contributed by atoms with Crippen molar-refractivity contribution in [3.8, 4) is 0 Å². The molecule has 3 N–H and O–H groups in total. The Bertz CT molecular complexity index is 286. The maximum absolute atomic E-state index is 11.9. The van der Waals surface area contributed by atoms with Crippen molar-refractivity contribution in [3.05, 3.63) is 0 Å². The third-order valence-corrected chi connectivity index (χ3v) is 3.82.